The first-order valence-corrected chi connectivity index (χ1v) is 15.1. The molecule has 0 spiro atoms. The first kappa shape index (κ1) is 30.7. The highest BCUT2D eigenvalue weighted by molar-refractivity contribution is 7.92. The second-order valence-corrected chi connectivity index (χ2v) is 12.2. The minimum absolute atomic E-state index is 0.130. The average molecular weight is 566 g/mol. The average Bonchev–Trinajstić information content (AvgIpc) is 2.89. The summed E-state index contributed by atoms with van der Waals surface area (Å²) in [7, 11) is -2.44. The van der Waals surface area contributed by atoms with E-state index in [1.165, 1.54) is 12.0 Å². The van der Waals surface area contributed by atoms with Gasteiger partial charge in [0.05, 0.1) is 19.1 Å². The van der Waals surface area contributed by atoms with Crippen molar-refractivity contribution in [1.29, 1.82) is 0 Å². The van der Waals surface area contributed by atoms with Gasteiger partial charge in [-0.15, -0.1) is 0 Å². The van der Waals surface area contributed by atoms with E-state index in [2.05, 4.69) is 5.32 Å². The zero-order valence-electron chi connectivity index (χ0n) is 24.0. The molecule has 2 amide bonds. The molecule has 0 aliphatic heterocycles. The Morgan fingerprint density at radius 3 is 2.10 bits per heavy atom. The number of carbonyl (C=O) groups is 2. The standard InChI is InChI=1S/C31H39N3O5S/c1-22(2)32-31(36)28(19-25-10-8-7-9-11-25)33(20-26-15-12-23(3)13-16-26)30(35)21-34(40(6,37)38)27-18-24(4)14-17-29(27)39-5/h7-18,22,28H,19-21H2,1-6H3,(H,32,36). The van der Waals surface area contributed by atoms with Crippen LogP contribution in [0, 0.1) is 13.8 Å². The fourth-order valence-corrected chi connectivity index (χ4v) is 5.26. The van der Waals surface area contributed by atoms with E-state index in [-0.39, 0.29) is 30.6 Å². The number of ether oxygens (including phenoxy) is 1. The van der Waals surface area contributed by atoms with Crippen LogP contribution in [0.15, 0.2) is 72.8 Å². The highest BCUT2D eigenvalue weighted by Crippen LogP contribution is 2.31. The van der Waals surface area contributed by atoms with Crippen molar-refractivity contribution < 1.29 is 22.7 Å². The van der Waals surface area contributed by atoms with E-state index in [1.54, 1.807) is 18.2 Å². The minimum atomic E-state index is -3.89. The van der Waals surface area contributed by atoms with Crippen LogP contribution in [0.2, 0.25) is 0 Å². The summed E-state index contributed by atoms with van der Waals surface area (Å²) in [6.07, 6.45) is 1.32. The monoisotopic (exact) mass is 565 g/mol. The van der Waals surface area contributed by atoms with Gasteiger partial charge in [-0.1, -0.05) is 66.2 Å². The van der Waals surface area contributed by atoms with Crippen molar-refractivity contribution in [3.8, 4) is 5.75 Å². The van der Waals surface area contributed by atoms with E-state index in [4.69, 9.17) is 4.74 Å². The van der Waals surface area contributed by atoms with Gasteiger partial charge in [0.25, 0.3) is 0 Å². The van der Waals surface area contributed by atoms with E-state index < -0.39 is 28.5 Å². The molecular weight excluding hydrogens is 526 g/mol. The Hall–Kier alpha value is -3.85. The summed E-state index contributed by atoms with van der Waals surface area (Å²) < 4.78 is 32.5. The zero-order chi connectivity index (χ0) is 29.4. The van der Waals surface area contributed by atoms with Gasteiger partial charge in [-0.3, -0.25) is 13.9 Å². The van der Waals surface area contributed by atoms with E-state index in [1.807, 2.05) is 82.3 Å². The third-order valence-corrected chi connectivity index (χ3v) is 7.58. The Balaban J connectivity index is 2.09. The van der Waals surface area contributed by atoms with Crippen molar-refractivity contribution in [3.05, 3.63) is 95.1 Å². The molecule has 0 saturated carbocycles. The number of methoxy groups -OCH3 is 1. The van der Waals surface area contributed by atoms with Crippen molar-refractivity contribution in [2.75, 3.05) is 24.2 Å². The maximum Gasteiger partial charge on any atom is 0.244 e. The second-order valence-electron chi connectivity index (χ2n) is 10.3. The summed E-state index contributed by atoms with van der Waals surface area (Å²) in [6.45, 7) is 7.16. The Morgan fingerprint density at radius 1 is 0.900 bits per heavy atom. The van der Waals surface area contributed by atoms with Crippen LogP contribution >= 0.6 is 0 Å². The summed E-state index contributed by atoms with van der Waals surface area (Å²) in [6, 6.07) is 21.3. The Morgan fingerprint density at radius 2 is 1.52 bits per heavy atom. The number of aryl methyl sites for hydroxylation is 2. The van der Waals surface area contributed by atoms with Gasteiger partial charge in [-0.05, 0) is 56.5 Å². The molecule has 1 atom stereocenters. The molecule has 40 heavy (non-hydrogen) atoms. The summed E-state index contributed by atoms with van der Waals surface area (Å²) in [5.41, 5.74) is 3.85. The lowest BCUT2D eigenvalue weighted by Crippen LogP contribution is -2.54. The SMILES string of the molecule is COc1ccc(C)cc1N(CC(=O)N(Cc1ccc(C)cc1)C(Cc1ccccc1)C(=O)NC(C)C)S(C)(=O)=O. The van der Waals surface area contributed by atoms with Crippen molar-refractivity contribution in [3.63, 3.8) is 0 Å². The maximum absolute atomic E-state index is 14.2. The van der Waals surface area contributed by atoms with Crippen LogP contribution in [-0.4, -0.2) is 57.1 Å². The number of sulfonamides is 1. The lowest BCUT2D eigenvalue weighted by atomic mass is 10.0. The number of benzene rings is 3. The van der Waals surface area contributed by atoms with Crippen LogP contribution in [0.5, 0.6) is 5.75 Å². The molecule has 1 N–H and O–H groups in total. The topological polar surface area (TPSA) is 96.0 Å². The number of hydrogen-bond donors (Lipinski definition) is 1. The van der Waals surface area contributed by atoms with Gasteiger partial charge < -0.3 is 15.0 Å². The Bertz CT molecular complexity index is 1410. The molecule has 0 heterocycles. The molecule has 214 valence electrons. The number of nitrogens with zero attached hydrogens (tertiary/aromatic N) is 2. The van der Waals surface area contributed by atoms with E-state index >= 15 is 0 Å². The van der Waals surface area contributed by atoms with Crippen molar-refractivity contribution in [2.45, 2.75) is 52.7 Å². The highest BCUT2D eigenvalue weighted by atomic mass is 32.2. The molecule has 1 unspecified atom stereocenters. The van der Waals surface area contributed by atoms with Crippen LogP contribution in [0.4, 0.5) is 5.69 Å². The van der Waals surface area contributed by atoms with Crippen LogP contribution < -0.4 is 14.4 Å². The van der Waals surface area contributed by atoms with Gasteiger partial charge in [-0.2, -0.15) is 0 Å². The molecule has 0 saturated heterocycles. The van der Waals surface area contributed by atoms with Gasteiger partial charge in [0.2, 0.25) is 21.8 Å². The number of anilines is 1. The van der Waals surface area contributed by atoms with E-state index in [9.17, 15) is 18.0 Å². The van der Waals surface area contributed by atoms with Crippen LogP contribution in [0.1, 0.15) is 36.1 Å². The smallest absolute Gasteiger partial charge is 0.244 e. The zero-order valence-corrected chi connectivity index (χ0v) is 24.9. The maximum atomic E-state index is 14.2. The lowest BCUT2D eigenvalue weighted by molar-refractivity contribution is -0.140. The fourth-order valence-electron chi connectivity index (χ4n) is 4.41. The third-order valence-electron chi connectivity index (χ3n) is 6.46. The van der Waals surface area contributed by atoms with E-state index in [0.29, 0.717) is 5.75 Å². The normalized spacial score (nSPS) is 12.1. The quantitative estimate of drug-likeness (QED) is 0.354. The first-order valence-electron chi connectivity index (χ1n) is 13.2. The van der Waals surface area contributed by atoms with Gasteiger partial charge >= 0.3 is 0 Å². The minimum Gasteiger partial charge on any atom is -0.495 e. The van der Waals surface area contributed by atoms with Crippen LogP contribution in [0.3, 0.4) is 0 Å². The van der Waals surface area contributed by atoms with Crippen LogP contribution in [-0.2, 0) is 32.6 Å². The molecular formula is C31H39N3O5S. The van der Waals surface area contributed by atoms with Crippen molar-refractivity contribution in [1.82, 2.24) is 10.2 Å². The largest absolute Gasteiger partial charge is 0.495 e. The molecule has 0 radical (unpaired) electrons. The van der Waals surface area contributed by atoms with Crippen LogP contribution in [0.25, 0.3) is 0 Å². The molecule has 3 aromatic carbocycles. The summed E-state index contributed by atoms with van der Waals surface area (Å²) >= 11 is 0. The van der Waals surface area contributed by atoms with E-state index in [0.717, 1.165) is 32.8 Å². The Labute approximate surface area is 238 Å². The van der Waals surface area contributed by atoms with Gasteiger partial charge in [0.15, 0.2) is 0 Å². The molecule has 8 nitrogen and oxygen atoms in total. The number of nitrogens with one attached hydrogen (secondary N) is 1. The van der Waals surface area contributed by atoms with Crippen molar-refractivity contribution in [2.24, 2.45) is 0 Å². The van der Waals surface area contributed by atoms with Gasteiger partial charge in [-0.25, -0.2) is 8.42 Å². The Kier molecular flexibility index (Phi) is 10.3. The molecule has 3 aromatic rings. The summed E-state index contributed by atoms with van der Waals surface area (Å²) in [5.74, 6) is -0.486. The molecule has 0 fully saturated rings. The first-order chi connectivity index (χ1) is 18.9. The number of carbonyl (C=O) groups excluding carboxylic acids is 2. The summed E-state index contributed by atoms with van der Waals surface area (Å²) in [5, 5.41) is 2.95. The molecule has 3 rings (SSSR count). The number of hydrogen-bond acceptors (Lipinski definition) is 5. The number of rotatable bonds is 12. The van der Waals surface area contributed by atoms with Gasteiger partial charge in [0, 0.05) is 19.0 Å². The predicted molar refractivity (Wildman–Crippen MR) is 159 cm³/mol. The second kappa shape index (κ2) is 13.5. The predicted octanol–water partition coefficient (Wildman–Crippen LogP) is 4.24. The summed E-state index contributed by atoms with van der Waals surface area (Å²) in [4.78, 5) is 29.2. The van der Waals surface area contributed by atoms with Crippen molar-refractivity contribution >= 4 is 27.5 Å². The third kappa shape index (κ3) is 8.32. The molecule has 0 aromatic heterocycles. The molecule has 0 bridgehead atoms. The molecule has 9 heteroatoms. The fraction of sp³-hybridized carbons (Fsp3) is 0.355. The van der Waals surface area contributed by atoms with Gasteiger partial charge in [0.1, 0.15) is 18.3 Å². The highest BCUT2D eigenvalue weighted by Gasteiger charge is 2.34. The molecule has 0 aliphatic rings. The lowest BCUT2D eigenvalue weighted by Gasteiger charge is -2.34. The number of amides is 2. The molecule has 0 aliphatic carbocycles.